The van der Waals surface area contributed by atoms with Gasteiger partial charge in [-0.05, 0) is 43.4 Å². The van der Waals surface area contributed by atoms with Gasteiger partial charge in [-0.15, -0.1) is 5.10 Å². The Labute approximate surface area is 126 Å². The van der Waals surface area contributed by atoms with Crippen LogP contribution in [0.5, 0.6) is 11.5 Å². The minimum atomic E-state index is 0.373. The van der Waals surface area contributed by atoms with E-state index >= 15 is 0 Å². The molecule has 3 aromatic rings. The van der Waals surface area contributed by atoms with Crippen molar-refractivity contribution in [2.75, 3.05) is 0 Å². The van der Waals surface area contributed by atoms with E-state index in [1.165, 1.54) is 22.9 Å². The highest BCUT2D eigenvalue weighted by Crippen LogP contribution is 2.41. The standard InChI is InChI=1S/C15H13ClN4O/c1-9-18-15-17-8-13(14(16)20(15)19-9)21-12-4-2-3-11(7-12)10-5-6-10/h2-4,7-8,10H,5-6H2,1H3. The molecule has 2 heterocycles. The van der Waals surface area contributed by atoms with Crippen LogP contribution >= 0.6 is 11.6 Å². The quantitative estimate of drug-likeness (QED) is 0.691. The summed E-state index contributed by atoms with van der Waals surface area (Å²) in [6, 6.07) is 8.11. The normalized spacial score (nSPS) is 14.6. The van der Waals surface area contributed by atoms with Crippen molar-refractivity contribution in [2.24, 2.45) is 0 Å². The summed E-state index contributed by atoms with van der Waals surface area (Å²) in [5.41, 5.74) is 1.31. The molecule has 6 heteroatoms. The van der Waals surface area contributed by atoms with Crippen molar-refractivity contribution < 1.29 is 4.74 Å². The van der Waals surface area contributed by atoms with Crippen LogP contribution < -0.4 is 4.74 Å². The Morgan fingerprint density at radius 3 is 3.00 bits per heavy atom. The molecule has 106 valence electrons. The highest BCUT2D eigenvalue weighted by molar-refractivity contribution is 6.31. The number of aromatic nitrogens is 4. The van der Waals surface area contributed by atoms with Gasteiger partial charge < -0.3 is 4.74 Å². The highest BCUT2D eigenvalue weighted by atomic mass is 35.5. The maximum Gasteiger partial charge on any atom is 0.254 e. The van der Waals surface area contributed by atoms with Gasteiger partial charge in [0.2, 0.25) is 0 Å². The predicted molar refractivity (Wildman–Crippen MR) is 79.0 cm³/mol. The molecule has 0 amide bonds. The van der Waals surface area contributed by atoms with Crippen LogP contribution in [-0.2, 0) is 0 Å². The van der Waals surface area contributed by atoms with E-state index in [2.05, 4.69) is 27.2 Å². The van der Waals surface area contributed by atoms with Crippen molar-refractivity contribution in [3.63, 3.8) is 0 Å². The second-order valence-electron chi connectivity index (χ2n) is 5.23. The average molecular weight is 301 g/mol. The molecular weight excluding hydrogens is 288 g/mol. The molecular formula is C15H13ClN4O. The molecule has 0 N–H and O–H groups in total. The van der Waals surface area contributed by atoms with Gasteiger partial charge in [0.25, 0.3) is 5.78 Å². The number of rotatable bonds is 3. The lowest BCUT2D eigenvalue weighted by Gasteiger charge is -2.08. The Morgan fingerprint density at radius 1 is 1.33 bits per heavy atom. The summed E-state index contributed by atoms with van der Waals surface area (Å²) in [6.07, 6.45) is 4.10. The third kappa shape index (κ3) is 2.34. The second-order valence-corrected chi connectivity index (χ2v) is 5.59. The van der Waals surface area contributed by atoms with E-state index in [0.29, 0.717) is 28.4 Å². The Kier molecular flexibility index (Phi) is 2.82. The minimum Gasteiger partial charge on any atom is -0.452 e. The molecule has 0 spiro atoms. The molecule has 1 aliphatic carbocycles. The Hall–Kier alpha value is -2.14. The number of aryl methyl sites for hydroxylation is 1. The first-order valence-corrected chi connectivity index (χ1v) is 7.24. The molecule has 1 aromatic carbocycles. The average Bonchev–Trinajstić information content (AvgIpc) is 3.25. The van der Waals surface area contributed by atoms with Crippen LogP contribution in [0.4, 0.5) is 0 Å². The number of benzene rings is 1. The van der Waals surface area contributed by atoms with Crippen LogP contribution in [0.2, 0.25) is 5.15 Å². The van der Waals surface area contributed by atoms with Crippen molar-refractivity contribution in [1.82, 2.24) is 19.6 Å². The van der Waals surface area contributed by atoms with E-state index in [-0.39, 0.29) is 0 Å². The fraction of sp³-hybridized carbons (Fsp3) is 0.267. The summed E-state index contributed by atoms with van der Waals surface area (Å²) in [7, 11) is 0. The lowest BCUT2D eigenvalue weighted by atomic mass is 10.1. The molecule has 1 fully saturated rings. The van der Waals surface area contributed by atoms with Gasteiger partial charge >= 0.3 is 0 Å². The van der Waals surface area contributed by atoms with E-state index in [1.807, 2.05) is 12.1 Å². The zero-order valence-corrected chi connectivity index (χ0v) is 12.2. The summed E-state index contributed by atoms with van der Waals surface area (Å²) in [5, 5.41) is 4.57. The first-order valence-electron chi connectivity index (χ1n) is 6.86. The van der Waals surface area contributed by atoms with Crippen molar-refractivity contribution in [2.45, 2.75) is 25.7 Å². The largest absolute Gasteiger partial charge is 0.452 e. The van der Waals surface area contributed by atoms with Gasteiger partial charge in [0.15, 0.2) is 10.9 Å². The van der Waals surface area contributed by atoms with Crippen LogP contribution in [0.15, 0.2) is 30.5 Å². The summed E-state index contributed by atoms with van der Waals surface area (Å²) >= 11 is 6.31. The van der Waals surface area contributed by atoms with Crippen molar-refractivity contribution >= 4 is 17.4 Å². The Morgan fingerprint density at radius 2 is 2.19 bits per heavy atom. The minimum absolute atomic E-state index is 0.373. The van der Waals surface area contributed by atoms with Crippen molar-refractivity contribution in [3.05, 3.63) is 47.0 Å². The monoisotopic (exact) mass is 300 g/mol. The van der Waals surface area contributed by atoms with E-state index in [9.17, 15) is 0 Å². The van der Waals surface area contributed by atoms with Crippen LogP contribution in [0.1, 0.15) is 30.1 Å². The number of fused-ring (bicyclic) bond motifs is 1. The lowest BCUT2D eigenvalue weighted by Crippen LogP contribution is -1.96. The molecule has 0 radical (unpaired) electrons. The third-order valence-electron chi connectivity index (χ3n) is 3.52. The molecule has 2 aromatic heterocycles. The fourth-order valence-corrected chi connectivity index (χ4v) is 2.54. The molecule has 4 rings (SSSR count). The summed E-state index contributed by atoms with van der Waals surface area (Å²) in [6.45, 7) is 1.80. The molecule has 0 saturated heterocycles. The molecule has 0 unspecified atom stereocenters. The number of ether oxygens (including phenoxy) is 1. The molecule has 5 nitrogen and oxygen atoms in total. The Balaban J connectivity index is 1.70. The van der Waals surface area contributed by atoms with E-state index < -0.39 is 0 Å². The van der Waals surface area contributed by atoms with Crippen LogP contribution in [0.25, 0.3) is 5.78 Å². The van der Waals surface area contributed by atoms with Crippen molar-refractivity contribution in [1.29, 1.82) is 0 Å². The van der Waals surface area contributed by atoms with E-state index in [4.69, 9.17) is 16.3 Å². The third-order valence-corrected chi connectivity index (χ3v) is 3.86. The first kappa shape index (κ1) is 12.6. The van der Waals surface area contributed by atoms with E-state index in [1.54, 1.807) is 13.1 Å². The molecule has 0 aliphatic heterocycles. The van der Waals surface area contributed by atoms with Gasteiger partial charge in [0.1, 0.15) is 11.6 Å². The number of halogens is 1. The van der Waals surface area contributed by atoms with Crippen LogP contribution in [-0.4, -0.2) is 19.6 Å². The molecule has 21 heavy (non-hydrogen) atoms. The van der Waals surface area contributed by atoms with Crippen LogP contribution in [0, 0.1) is 6.92 Å². The lowest BCUT2D eigenvalue weighted by molar-refractivity contribution is 0.475. The second kappa shape index (κ2) is 4.70. The molecule has 1 aliphatic rings. The summed E-state index contributed by atoms with van der Waals surface area (Å²) < 4.78 is 7.35. The predicted octanol–water partition coefficient (Wildman–Crippen LogP) is 3.76. The smallest absolute Gasteiger partial charge is 0.254 e. The van der Waals surface area contributed by atoms with Crippen LogP contribution in [0.3, 0.4) is 0 Å². The van der Waals surface area contributed by atoms with E-state index in [0.717, 1.165) is 5.75 Å². The van der Waals surface area contributed by atoms with Crippen molar-refractivity contribution in [3.8, 4) is 11.5 Å². The first-order chi connectivity index (χ1) is 10.2. The number of hydrogen-bond acceptors (Lipinski definition) is 4. The SMILES string of the molecule is Cc1nc2ncc(Oc3cccc(C4CC4)c3)c(Cl)n2n1. The van der Waals surface area contributed by atoms with Gasteiger partial charge in [0, 0.05) is 0 Å². The molecule has 1 saturated carbocycles. The van der Waals surface area contributed by atoms with Gasteiger partial charge in [-0.2, -0.15) is 9.50 Å². The number of nitrogens with zero attached hydrogens (tertiary/aromatic N) is 4. The highest BCUT2D eigenvalue weighted by Gasteiger charge is 2.23. The Bertz CT molecular complexity index is 826. The van der Waals surface area contributed by atoms with Gasteiger partial charge in [-0.1, -0.05) is 23.7 Å². The van der Waals surface area contributed by atoms with Gasteiger partial charge in [-0.25, -0.2) is 4.98 Å². The van der Waals surface area contributed by atoms with Gasteiger partial charge in [-0.3, -0.25) is 0 Å². The maximum absolute atomic E-state index is 6.31. The zero-order chi connectivity index (χ0) is 14.4. The molecule has 0 bridgehead atoms. The topological polar surface area (TPSA) is 52.3 Å². The summed E-state index contributed by atoms with van der Waals surface area (Å²) in [5.74, 6) is 3.01. The summed E-state index contributed by atoms with van der Waals surface area (Å²) in [4.78, 5) is 8.38. The molecule has 0 atom stereocenters. The number of hydrogen-bond donors (Lipinski definition) is 0. The zero-order valence-electron chi connectivity index (χ0n) is 11.5. The maximum atomic E-state index is 6.31. The van der Waals surface area contributed by atoms with Gasteiger partial charge in [0.05, 0.1) is 6.20 Å². The fourth-order valence-electron chi connectivity index (χ4n) is 2.34.